The van der Waals surface area contributed by atoms with Crippen LogP contribution in [0.3, 0.4) is 0 Å². The van der Waals surface area contributed by atoms with E-state index in [0.717, 1.165) is 30.9 Å². The molecule has 0 amide bonds. The first-order valence-corrected chi connectivity index (χ1v) is 7.31. The predicted octanol–water partition coefficient (Wildman–Crippen LogP) is 1.93. The van der Waals surface area contributed by atoms with E-state index in [0.29, 0.717) is 6.04 Å². The van der Waals surface area contributed by atoms with Gasteiger partial charge >= 0.3 is 0 Å². The van der Waals surface area contributed by atoms with Crippen LogP contribution in [-0.4, -0.2) is 21.4 Å². The second-order valence-corrected chi connectivity index (χ2v) is 5.53. The van der Waals surface area contributed by atoms with E-state index < -0.39 is 0 Å². The quantitative estimate of drug-likeness (QED) is 0.755. The van der Waals surface area contributed by atoms with E-state index in [1.807, 2.05) is 24.4 Å². The number of hydrogen-bond donors (Lipinski definition) is 3. The second kappa shape index (κ2) is 6.05. The van der Waals surface area contributed by atoms with Crippen molar-refractivity contribution in [1.29, 1.82) is 0 Å². The van der Waals surface area contributed by atoms with Crippen LogP contribution in [0.25, 0.3) is 0 Å². The third kappa shape index (κ3) is 3.17. The molecular weight excluding hydrogens is 268 g/mol. The number of nitrogens with zero attached hydrogens (tertiary/aromatic N) is 1. The Morgan fingerprint density at radius 3 is 3.05 bits per heavy atom. The molecule has 2 aromatic rings. The Labute approximate surface area is 124 Å². The molecule has 1 unspecified atom stereocenters. The van der Waals surface area contributed by atoms with Gasteiger partial charge in [-0.3, -0.25) is 5.10 Å². The molecule has 3 N–H and O–H groups in total. The number of fused-ring (bicyclic) bond motifs is 1. The van der Waals surface area contributed by atoms with Crippen LogP contribution in [0, 0.1) is 0 Å². The molecule has 0 fully saturated rings. The highest BCUT2D eigenvalue weighted by molar-refractivity contribution is 7.80. The van der Waals surface area contributed by atoms with Crippen LogP contribution >= 0.6 is 12.2 Å². The summed E-state index contributed by atoms with van der Waals surface area (Å²) in [6.45, 7) is 0.759. The Hall–Kier alpha value is -1.88. The molecule has 1 aromatic heterocycles. The van der Waals surface area contributed by atoms with Crippen molar-refractivity contribution in [3.8, 4) is 0 Å². The monoisotopic (exact) mass is 286 g/mol. The second-order valence-electron chi connectivity index (χ2n) is 5.13. The molecule has 0 radical (unpaired) electrons. The van der Waals surface area contributed by atoms with Gasteiger partial charge in [0.25, 0.3) is 0 Å². The van der Waals surface area contributed by atoms with E-state index in [1.54, 1.807) is 0 Å². The zero-order valence-corrected chi connectivity index (χ0v) is 12.0. The van der Waals surface area contributed by atoms with Crippen molar-refractivity contribution in [3.63, 3.8) is 0 Å². The Balaban J connectivity index is 1.48. The van der Waals surface area contributed by atoms with Crippen LogP contribution in [0.2, 0.25) is 0 Å². The van der Waals surface area contributed by atoms with Gasteiger partial charge in [0.15, 0.2) is 5.11 Å². The lowest BCUT2D eigenvalue weighted by Gasteiger charge is -2.24. The van der Waals surface area contributed by atoms with Gasteiger partial charge in [0.05, 0.1) is 6.20 Å². The van der Waals surface area contributed by atoms with Crippen LogP contribution in [0.5, 0.6) is 0 Å². The number of aryl methyl sites for hydroxylation is 1. The van der Waals surface area contributed by atoms with Crippen LogP contribution in [0.1, 0.15) is 23.2 Å². The molecule has 0 aliphatic heterocycles. The summed E-state index contributed by atoms with van der Waals surface area (Å²) in [5.41, 5.74) is 3.81. The minimum atomic E-state index is 0.388. The van der Waals surface area contributed by atoms with Crippen molar-refractivity contribution >= 4 is 17.3 Å². The van der Waals surface area contributed by atoms with E-state index >= 15 is 0 Å². The third-order valence-corrected chi connectivity index (χ3v) is 3.91. The van der Waals surface area contributed by atoms with Gasteiger partial charge in [-0.15, -0.1) is 0 Å². The van der Waals surface area contributed by atoms with Gasteiger partial charge in [0.1, 0.15) is 0 Å². The van der Waals surface area contributed by atoms with Gasteiger partial charge in [0.2, 0.25) is 0 Å². The average molecular weight is 286 g/mol. The highest BCUT2D eigenvalue weighted by Crippen LogP contribution is 2.18. The Kier molecular flexibility index (Phi) is 3.97. The maximum atomic E-state index is 5.36. The summed E-state index contributed by atoms with van der Waals surface area (Å²) < 4.78 is 0. The highest BCUT2D eigenvalue weighted by atomic mass is 32.1. The first-order valence-electron chi connectivity index (χ1n) is 6.90. The lowest BCUT2D eigenvalue weighted by atomic mass is 9.94. The summed E-state index contributed by atoms with van der Waals surface area (Å²) in [6.07, 6.45) is 5.05. The minimum absolute atomic E-state index is 0.388. The van der Waals surface area contributed by atoms with Crippen molar-refractivity contribution in [2.45, 2.75) is 31.8 Å². The van der Waals surface area contributed by atoms with Crippen LogP contribution in [-0.2, 0) is 19.4 Å². The Morgan fingerprint density at radius 1 is 1.35 bits per heavy atom. The number of rotatable bonds is 3. The minimum Gasteiger partial charge on any atom is -0.360 e. The molecule has 1 atom stereocenters. The van der Waals surface area contributed by atoms with E-state index in [4.69, 9.17) is 12.2 Å². The topological polar surface area (TPSA) is 52.7 Å². The predicted molar refractivity (Wildman–Crippen MR) is 83.4 cm³/mol. The number of aromatic nitrogens is 2. The summed E-state index contributed by atoms with van der Waals surface area (Å²) in [5, 5.41) is 14.5. The van der Waals surface area contributed by atoms with Gasteiger partial charge in [-0.05, 0) is 36.2 Å². The largest absolute Gasteiger partial charge is 0.360 e. The first kappa shape index (κ1) is 13.1. The summed E-state index contributed by atoms with van der Waals surface area (Å²) >= 11 is 5.36. The number of H-pyrrole nitrogens is 1. The lowest BCUT2D eigenvalue weighted by molar-refractivity contribution is 0.519. The highest BCUT2D eigenvalue weighted by Gasteiger charge is 2.20. The summed E-state index contributed by atoms with van der Waals surface area (Å²) in [5.74, 6) is 0. The maximum absolute atomic E-state index is 5.36. The number of thiocarbonyl (C=S) groups is 1. The van der Waals surface area contributed by atoms with Crippen LogP contribution in [0.4, 0.5) is 0 Å². The first-order chi connectivity index (χ1) is 9.81. The number of aromatic amines is 1. The van der Waals surface area contributed by atoms with Crippen LogP contribution in [0.15, 0.2) is 36.5 Å². The van der Waals surface area contributed by atoms with E-state index in [9.17, 15) is 0 Å². The smallest absolute Gasteiger partial charge is 0.166 e. The molecule has 3 rings (SSSR count). The van der Waals surface area contributed by atoms with Gasteiger partial charge in [-0.2, -0.15) is 5.10 Å². The standard InChI is InChI=1S/C15H18N4S/c20-15(16-9-11-4-2-1-3-5-11)18-13-7-6-12-10-17-19-14(12)8-13/h1-5,10,13H,6-9H2,(H,17,19)(H2,16,18,20). The maximum Gasteiger partial charge on any atom is 0.166 e. The van der Waals surface area contributed by atoms with Crippen molar-refractivity contribution < 1.29 is 0 Å². The third-order valence-electron chi connectivity index (χ3n) is 3.65. The van der Waals surface area contributed by atoms with E-state index in [2.05, 4.69) is 33.0 Å². The zero-order valence-electron chi connectivity index (χ0n) is 11.2. The fourth-order valence-electron chi connectivity index (χ4n) is 2.55. The van der Waals surface area contributed by atoms with Crippen molar-refractivity contribution in [3.05, 3.63) is 53.3 Å². The molecule has 1 aliphatic carbocycles. The fraction of sp³-hybridized carbons (Fsp3) is 0.333. The van der Waals surface area contributed by atoms with E-state index in [1.165, 1.54) is 16.8 Å². The molecule has 0 spiro atoms. The van der Waals surface area contributed by atoms with Crippen molar-refractivity contribution in [2.24, 2.45) is 0 Å². The molecule has 1 heterocycles. The summed E-state index contributed by atoms with van der Waals surface area (Å²) in [4.78, 5) is 0. The summed E-state index contributed by atoms with van der Waals surface area (Å²) in [6, 6.07) is 10.7. The van der Waals surface area contributed by atoms with Crippen molar-refractivity contribution in [2.75, 3.05) is 0 Å². The Morgan fingerprint density at radius 2 is 2.20 bits per heavy atom. The van der Waals surface area contributed by atoms with Gasteiger partial charge in [-0.1, -0.05) is 30.3 Å². The van der Waals surface area contributed by atoms with Gasteiger partial charge in [0, 0.05) is 24.7 Å². The average Bonchev–Trinajstić information content (AvgIpc) is 2.94. The number of hydrogen-bond acceptors (Lipinski definition) is 2. The molecule has 1 aliphatic rings. The molecular formula is C15H18N4S. The molecule has 5 heteroatoms. The number of benzene rings is 1. The zero-order chi connectivity index (χ0) is 13.8. The molecule has 0 saturated carbocycles. The normalized spacial score (nSPS) is 17.3. The van der Waals surface area contributed by atoms with Crippen LogP contribution < -0.4 is 10.6 Å². The molecule has 1 aromatic carbocycles. The Bertz CT molecular complexity index is 579. The molecule has 20 heavy (non-hydrogen) atoms. The lowest BCUT2D eigenvalue weighted by Crippen LogP contribution is -2.44. The van der Waals surface area contributed by atoms with Gasteiger partial charge < -0.3 is 10.6 Å². The molecule has 0 saturated heterocycles. The fourth-order valence-corrected chi connectivity index (χ4v) is 2.78. The van der Waals surface area contributed by atoms with Crippen molar-refractivity contribution in [1.82, 2.24) is 20.8 Å². The summed E-state index contributed by atoms with van der Waals surface area (Å²) in [7, 11) is 0. The molecule has 4 nitrogen and oxygen atoms in total. The van der Waals surface area contributed by atoms with Gasteiger partial charge in [-0.25, -0.2) is 0 Å². The molecule has 0 bridgehead atoms. The SMILES string of the molecule is S=C(NCc1ccccc1)NC1CCc2cn[nH]c2C1. The van der Waals surface area contributed by atoms with E-state index in [-0.39, 0.29) is 0 Å². The number of nitrogens with one attached hydrogen (secondary N) is 3. The molecule has 104 valence electrons.